The Hall–Kier alpha value is -2.61. The van der Waals surface area contributed by atoms with Gasteiger partial charge in [-0.25, -0.2) is 0 Å². The van der Waals surface area contributed by atoms with Gasteiger partial charge in [-0.3, -0.25) is 9.69 Å². The van der Waals surface area contributed by atoms with E-state index in [1.54, 1.807) is 18.2 Å². The van der Waals surface area contributed by atoms with Crippen LogP contribution in [-0.2, 0) is 17.9 Å². The van der Waals surface area contributed by atoms with E-state index in [4.69, 9.17) is 27.7 Å². The van der Waals surface area contributed by atoms with Crippen molar-refractivity contribution in [2.45, 2.75) is 45.7 Å². The monoisotopic (exact) mass is 541 g/mol. The molecule has 2 saturated heterocycles. The molecule has 196 valence electrons. The highest BCUT2D eigenvalue weighted by Crippen LogP contribution is 2.29. The molecule has 0 spiro atoms. The topological polar surface area (TPSA) is 74.5 Å². The van der Waals surface area contributed by atoms with Crippen LogP contribution in [0.25, 0.3) is 11.4 Å². The van der Waals surface area contributed by atoms with Crippen molar-refractivity contribution in [1.29, 1.82) is 0 Å². The first-order valence-corrected chi connectivity index (χ1v) is 13.8. The number of likely N-dealkylation sites (tertiary alicyclic amines) is 1. The van der Waals surface area contributed by atoms with Crippen LogP contribution < -0.4 is 10.2 Å². The fourth-order valence-electron chi connectivity index (χ4n) is 5.23. The summed E-state index contributed by atoms with van der Waals surface area (Å²) in [5, 5.41) is 8.25. The van der Waals surface area contributed by atoms with E-state index < -0.39 is 0 Å². The largest absolute Gasteiger partial charge is 0.371 e. The smallest absolute Gasteiger partial charge is 0.241 e. The molecule has 1 unspecified atom stereocenters. The minimum Gasteiger partial charge on any atom is -0.371 e. The Morgan fingerprint density at radius 1 is 1.08 bits per heavy atom. The minimum absolute atomic E-state index is 0.0245. The number of rotatable bonds is 7. The Bertz CT molecular complexity index is 1210. The number of anilines is 1. The average molecular weight is 543 g/mol. The number of amides is 1. The van der Waals surface area contributed by atoms with E-state index in [0.29, 0.717) is 40.4 Å². The molecule has 9 heteroatoms. The van der Waals surface area contributed by atoms with Crippen molar-refractivity contribution < 1.29 is 9.32 Å². The average Bonchev–Trinajstić information content (AvgIpc) is 3.36. The molecule has 0 saturated carbocycles. The molecule has 3 heterocycles. The van der Waals surface area contributed by atoms with Crippen LogP contribution in [-0.4, -0.2) is 47.1 Å². The third kappa shape index (κ3) is 6.64. The summed E-state index contributed by atoms with van der Waals surface area (Å²) in [4.78, 5) is 22.0. The van der Waals surface area contributed by atoms with Crippen LogP contribution >= 0.6 is 23.2 Å². The second-order valence-corrected chi connectivity index (χ2v) is 11.1. The van der Waals surface area contributed by atoms with Gasteiger partial charge < -0.3 is 14.7 Å². The standard InChI is InChI=1S/C28H33Cl2N5O2/c1-19-3-2-12-35(17-19)23-7-4-20(5-8-23)16-31-28(36)21-10-13-34(14-11-21)18-26-32-27(33-37-26)24-9-6-22(29)15-25(24)30/h4-9,15,19,21H,2-3,10-14,16-18H2,1H3,(H,31,36). The lowest BCUT2D eigenvalue weighted by atomic mass is 9.96. The Labute approximate surface area is 228 Å². The van der Waals surface area contributed by atoms with Crippen molar-refractivity contribution in [3.63, 3.8) is 0 Å². The second-order valence-electron chi connectivity index (χ2n) is 10.3. The van der Waals surface area contributed by atoms with Gasteiger partial charge >= 0.3 is 0 Å². The number of hydrogen-bond donors (Lipinski definition) is 1. The number of hydrogen-bond acceptors (Lipinski definition) is 6. The molecule has 5 rings (SSSR count). The summed E-state index contributed by atoms with van der Waals surface area (Å²) in [7, 11) is 0. The Morgan fingerprint density at radius 3 is 2.59 bits per heavy atom. The Balaban J connectivity index is 1.06. The van der Waals surface area contributed by atoms with Gasteiger partial charge in [-0.2, -0.15) is 4.98 Å². The third-order valence-electron chi connectivity index (χ3n) is 7.38. The normalized spacial score (nSPS) is 19.2. The number of carbonyl (C=O) groups excluding carboxylic acids is 1. The predicted octanol–water partition coefficient (Wildman–Crippen LogP) is 5.81. The van der Waals surface area contributed by atoms with E-state index in [1.807, 2.05) is 0 Å². The lowest BCUT2D eigenvalue weighted by molar-refractivity contribution is -0.126. The number of carbonyl (C=O) groups is 1. The van der Waals surface area contributed by atoms with Gasteiger partial charge in [-0.15, -0.1) is 0 Å². The van der Waals surface area contributed by atoms with Gasteiger partial charge in [-0.05, 0) is 80.6 Å². The van der Waals surface area contributed by atoms with Crippen molar-refractivity contribution in [1.82, 2.24) is 20.4 Å². The molecule has 1 N–H and O–H groups in total. The summed E-state index contributed by atoms with van der Waals surface area (Å²) in [6, 6.07) is 13.8. The number of aromatic nitrogens is 2. The molecule has 1 atom stereocenters. The van der Waals surface area contributed by atoms with E-state index in [-0.39, 0.29) is 11.8 Å². The molecule has 0 aliphatic carbocycles. The van der Waals surface area contributed by atoms with Crippen LogP contribution in [0.2, 0.25) is 10.0 Å². The first-order valence-electron chi connectivity index (χ1n) is 13.1. The van der Waals surface area contributed by atoms with E-state index in [9.17, 15) is 4.79 Å². The summed E-state index contributed by atoms with van der Waals surface area (Å²) in [6.07, 6.45) is 4.19. The van der Waals surface area contributed by atoms with Gasteiger partial charge in [0.15, 0.2) is 0 Å². The van der Waals surface area contributed by atoms with Crippen molar-refractivity contribution in [3.05, 3.63) is 64.0 Å². The molecule has 2 aliphatic heterocycles. The zero-order valence-electron chi connectivity index (χ0n) is 21.1. The SMILES string of the molecule is CC1CCCN(c2ccc(CNC(=O)C3CCN(Cc4nc(-c5ccc(Cl)cc5Cl)no4)CC3)cc2)C1. The summed E-state index contributed by atoms with van der Waals surface area (Å²) < 4.78 is 5.44. The number of piperidine rings is 2. The molecule has 0 bridgehead atoms. The lowest BCUT2D eigenvalue weighted by Crippen LogP contribution is -2.40. The lowest BCUT2D eigenvalue weighted by Gasteiger charge is -2.33. The second kappa shape index (κ2) is 11.8. The van der Waals surface area contributed by atoms with Crippen molar-refractivity contribution in [2.75, 3.05) is 31.1 Å². The fourth-order valence-corrected chi connectivity index (χ4v) is 5.72. The number of benzene rings is 2. The van der Waals surface area contributed by atoms with E-state index in [1.165, 1.54) is 18.5 Å². The van der Waals surface area contributed by atoms with Crippen molar-refractivity contribution in [3.8, 4) is 11.4 Å². The fraction of sp³-hybridized carbons (Fsp3) is 0.464. The minimum atomic E-state index is 0.0245. The Kier molecular flexibility index (Phi) is 8.33. The molecule has 1 aromatic heterocycles. The molecule has 2 aromatic carbocycles. The van der Waals surface area contributed by atoms with Gasteiger partial charge in [0.2, 0.25) is 17.6 Å². The molecule has 1 amide bonds. The molecule has 2 fully saturated rings. The van der Waals surface area contributed by atoms with Crippen molar-refractivity contribution >= 4 is 34.8 Å². The van der Waals surface area contributed by atoms with Crippen LogP contribution in [0.4, 0.5) is 5.69 Å². The first kappa shape index (κ1) is 26.0. The van der Waals surface area contributed by atoms with Gasteiger partial charge in [0.25, 0.3) is 0 Å². The number of nitrogens with zero attached hydrogens (tertiary/aromatic N) is 4. The van der Waals surface area contributed by atoms with E-state index in [0.717, 1.165) is 50.5 Å². The number of nitrogens with one attached hydrogen (secondary N) is 1. The maximum absolute atomic E-state index is 12.8. The zero-order valence-corrected chi connectivity index (χ0v) is 22.6. The van der Waals surface area contributed by atoms with Crippen LogP contribution in [0, 0.1) is 11.8 Å². The van der Waals surface area contributed by atoms with Gasteiger partial charge in [-0.1, -0.05) is 47.4 Å². The zero-order chi connectivity index (χ0) is 25.8. The highest BCUT2D eigenvalue weighted by Gasteiger charge is 2.26. The highest BCUT2D eigenvalue weighted by atomic mass is 35.5. The summed E-state index contributed by atoms with van der Waals surface area (Å²) in [5.41, 5.74) is 3.10. The molecular weight excluding hydrogens is 509 g/mol. The van der Waals surface area contributed by atoms with Crippen LogP contribution in [0.15, 0.2) is 47.0 Å². The molecule has 0 radical (unpaired) electrons. The van der Waals surface area contributed by atoms with Gasteiger partial charge in [0, 0.05) is 41.8 Å². The summed E-state index contributed by atoms with van der Waals surface area (Å²) in [5.74, 6) is 1.88. The Morgan fingerprint density at radius 2 is 1.86 bits per heavy atom. The third-order valence-corrected chi connectivity index (χ3v) is 7.93. The van der Waals surface area contributed by atoms with Gasteiger partial charge in [0.05, 0.1) is 11.6 Å². The van der Waals surface area contributed by atoms with E-state index in [2.05, 4.69) is 56.4 Å². The quantitative estimate of drug-likeness (QED) is 0.406. The van der Waals surface area contributed by atoms with Gasteiger partial charge in [0.1, 0.15) is 0 Å². The maximum Gasteiger partial charge on any atom is 0.241 e. The van der Waals surface area contributed by atoms with Crippen LogP contribution in [0.3, 0.4) is 0 Å². The summed E-state index contributed by atoms with van der Waals surface area (Å²) >= 11 is 12.2. The van der Waals surface area contributed by atoms with E-state index >= 15 is 0 Å². The molecule has 3 aromatic rings. The molecular formula is C28H33Cl2N5O2. The first-order chi connectivity index (χ1) is 17.9. The van der Waals surface area contributed by atoms with Crippen LogP contribution in [0.1, 0.15) is 44.1 Å². The molecule has 2 aliphatic rings. The maximum atomic E-state index is 12.8. The summed E-state index contributed by atoms with van der Waals surface area (Å²) in [6.45, 7) is 7.30. The predicted molar refractivity (Wildman–Crippen MR) is 147 cm³/mol. The van der Waals surface area contributed by atoms with Crippen LogP contribution in [0.5, 0.6) is 0 Å². The highest BCUT2D eigenvalue weighted by molar-refractivity contribution is 6.36. The molecule has 37 heavy (non-hydrogen) atoms. The molecule has 7 nitrogen and oxygen atoms in total. The van der Waals surface area contributed by atoms with Crippen molar-refractivity contribution in [2.24, 2.45) is 11.8 Å². The number of halogens is 2.